The van der Waals surface area contributed by atoms with Crippen molar-refractivity contribution in [2.75, 3.05) is 27.3 Å². The average molecular weight is 274 g/mol. The number of carboxylic acid groups (broad SMARTS) is 2. The maximum atomic E-state index is 11.7. The van der Waals surface area contributed by atoms with Crippen LogP contribution in [0.4, 0.5) is 4.79 Å². The highest BCUT2D eigenvalue weighted by Gasteiger charge is 2.38. The maximum Gasteiger partial charge on any atom is 0.408 e. The van der Waals surface area contributed by atoms with Gasteiger partial charge in [-0.1, -0.05) is 0 Å². The minimum atomic E-state index is -1.29. The van der Waals surface area contributed by atoms with Gasteiger partial charge in [0.25, 0.3) is 0 Å². The van der Waals surface area contributed by atoms with Gasteiger partial charge in [0, 0.05) is 26.7 Å². The van der Waals surface area contributed by atoms with Crippen molar-refractivity contribution in [2.45, 2.75) is 24.9 Å². The molecule has 0 aromatic carbocycles. The summed E-state index contributed by atoms with van der Waals surface area (Å²) in [5.41, 5.74) is 0. The smallest absolute Gasteiger partial charge is 0.408 e. The molecule has 0 aliphatic carbocycles. The quantitative estimate of drug-likeness (QED) is 0.728. The summed E-state index contributed by atoms with van der Waals surface area (Å²) in [6, 6.07) is -1.37. The molecule has 1 aliphatic rings. The number of methoxy groups -OCH3 is 1. The van der Waals surface area contributed by atoms with Crippen molar-refractivity contribution in [3.05, 3.63) is 0 Å². The number of likely N-dealkylation sites (tertiary alicyclic amines) is 1. The molecule has 8 nitrogen and oxygen atoms in total. The average Bonchev–Trinajstić information content (AvgIpc) is 2.37. The fourth-order valence-corrected chi connectivity index (χ4v) is 2.16. The van der Waals surface area contributed by atoms with Crippen LogP contribution in [0.3, 0.4) is 0 Å². The first-order valence-corrected chi connectivity index (χ1v) is 5.85. The summed E-state index contributed by atoms with van der Waals surface area (Å²) in [5, 5.41) is 18.0. The number of carbonyl (C=O) groups is 3. The van der Waals surface area contributed by atoms with Gasteiger partial charge >= 0.3 is 12.1 Å². The number of ether oxygens (including phenoxy) is 1. The van der Waals surface area contributed by atoms with Gasteiger partial charge in [-0.2, -0.15) is 0 Å². The molecule has 2 amide bonds. The highest BCUT2D eigenvalue weighted by atomic mass is 16.5. The highest BCUT2D eigenvalue weighted by molar-refractivity contribution is 5.80. The predicted octanol–water partition coefficient (Wildman–Crippen LogP) is -0.313. The molecule has 1 aliphatic heterocycles. The van der Waals surface area contributed by atoms with E-state index in [0.29, 0.717) is 6.42 Å². The molecule has 19 heavy (non-hydrogen) atoms. The first-order valence-electron chi connectivity index (χ1n) is 5.85. The van der Waals surface area contributed by atoms with E-state index in [1.807, 2.05) is 0 Å². The molecule has 0 aromatic rings. The van der Waals surface area contributed by atoms with Crippen molar-refractivity contribution in [3.8, 4) is 0 Å². The lowest BCUT2D eigenvalue weighted by Gasteiger charge is -2.39. The third-order valence-electron chi connectivity index (χ3n) is 3.30. The second-order valence-corrected chi connectivity index (χ2v) is 4.46. The molecular weight excluding hydrogens is 256 g/mol. The second kappa shape index (κ2) is 6.37. The van der Waals surface area contributed by atoms with Gasteiger partial charge in [-0.3, -0.25) is 9.69 Å². The van der Waals surface area contributed by atoms with Gasteiger partial charge < -0.3 is 19.8 Å². The number of nitrogens with zero attached hydrogens (tertiary/aromatic N) is 2. The Labute approximate surface area is 110 Å². The number of aliphatic carboxylic acids is 1. The molecule has 0 bridgehead atoms. The van der Waals surface area contributed by atoms with Gasteiger partial charge in [0.1, 0.15) is 12.6 Å². The van der Waals surface area contributed by atoms with Crippen LogP contribution in [0.2, 0.25) is 0 Å². The number of piperidine rings is 1. The van der Waals surface area contributed by atoms with E-state index in [-0.39, 0.29) is 31.5 Å². The van der Waals surface area contributed by atoms with E-state index in [1.54, 1.807) is 7.05 Å². The van der Waals surface area contributed by atoms with Gasteiger partial charge in [0.2, 0.25) is 5.91 Å². The van der Waals surface area contributed by atoms with Crippen LogP contribution < -0.4 is 0 Å². The summed E-state index contributed by atoms with van der Waals surface area (Å²) < 4.78 is 4.73. The van der Waals surface area contributed by atoms with Crippen molar-refractivity contribution < 1.29 is 29.3 Å². The van der Waals surface area contributed by atoms with Crippen LogP contribution in [-0.2, 0) is 14.3 Å². The molecule has 1 heterocycles. The Balaban J connectivity index is 2.73. The molecule has 1 saturated heterocycles. The molecule has 2 atom stereocenters. The molecule has 0 radical (unpaired) electrons. The van der Waals surface area contributed by atoms with Gasteiger partial charge in [0.05, 0.1) is 0 Å². The van der Waals surface area contributed by atoms with E-state index in [0.717, 1.165) is 4.90 Å². The van der Waals surface area contributed by atoms with E-state index in [4.69, 9.17) is 14.9 Å². The maximum absolute atomic E-state index is 11.7. The number of likely N-dealkylation sites (N-methyl/N-ethyl adjacent to an activating group) is 1. The number of carbonyl (C=O) groups excluding carboxylic acids is 1. The number of hydrogen-bond acceptors (Lipinski definition) is 4. The van der Waals surface area contributed by atoms with Crippen molar-refractivity contribution in [3.63, 3.8) is 0 Å². The van der Waals surface area contributed by atoms with Gasteiger partial charge in [-0.05, 0) is 12.8 Å². The van der Waals surface area contributed by atoms with Gasteiger partial charge in [-0.25, -0.2) is 9.59 Å². The predicted molar refractivity (Wildman–Crippen MR) is 63.8 cm³/mol. The summed E-state index contributed by atoms with van der Waals surface area (Å²) in [5.74, 6) is -1.42. The highest BCUT2D eigenvalue weighted by Crippen LogP contribution is 2.21. The third kappa shape index (κ3) is 3.57. The van der Waals surface area contributed by atoms with Crippen LogP contribution in [0.1, 0.15) is 12.8 Å². The zero-order valence-corrected chi connectivity index (χ0v) is 10.9. The number of rotatable bonds is 4. The van der Waals surface area contributed by atoms with Crippen LogP contribution in [0.15, 0.2) is 0 Å². The molecule has 2 N–H and O–H groups in total. The SMILES string of the molecule is COCC(=O)N(C)[C@@H]1CC[C@@H](C(=O)O)N(C(=O)O)C1. The zero-order valence-electron chi connectivity index (χ0n) is 10.9. The minimum Gasteiger partial charge on any atom is -0.480 e. The summed E-state index contributed by atoms with van der Waals surface area (Å²) in [7, 11) is 2.96. The van der Waals surface area contributed by atoms with E-state index in [9.17, 15) is 14.4 Å². The van der Waals surface area contributed by atoms with Crippen molar-refractivity contribution in [2.24, 2.45) is 0 Å². The van der Waals surface area contributed by atoms with Crippen molar-refractivity contribution >= 4 is 18.0 Å². The lowest BCUT2D eigenvalue weighted by atomic mass is 9.97. The molecular formula is C11H18N2O6. The topological polar surface area (TPSA) is 107 Å². The Morgan fingerprint density at radius 1 is 1.32 bits per heavy atom. The lowest BCUT2D eigenvalue weighted by Crippen LogP contribution is -2.56. The molecule has 1 fully saturated rings. The molecule has 0 aromatic heterocycles. The Morgan fingerprint density at radius 3 is 2.42 bits per heavy atom. The molecule has 0 spiro atoms. The number of amides is 2. The number of hydrogen-bond donors (Lipinski definition) is 2. The van der Waals surface area contributed by atoms with Crippen LogP contribution in [0.25, 0.3) is 0 Å². The zero-order chi connectivity index (χ0) is 14.6. The summed E-state index contributed by atoms with van der Waals surface area (Å²) in [4.78, 5) is 36.0. The van der Waals surface area contributed by atoms with E-state index < -0.39 is 18.1 Å². The monoisotopic (exact) mass is 274 g/mol. The van der Waals surface area contributed by atoms with Gasteiger partial charge in [0.15, 0.2) is 0 Å². The van der Waals surface area contributed by atoms with Crippen LogP contribution >= 0.6 is 0 Å². The van der Waals surface area contributed by atoms with Crippen LogP contribution in [0, 0.1) is 0 Å². The molecule has 8 heteroatoms. The Morgan fingerprint density at radius 2 is 1.95 bits per heavy atom. The lowest BCUT2D eigenvalue weighted by molar-refractivity contribution is -0.145. The number of carboxylic acids is 1. The second-order valence-electron chi connectivity index (χ2n) is 4.46. The van der Waals surface area contributed by atoms with Crippen molar-refractivity contribution in [1.82, 2.24) is 9.80 Å². The van der Waals surface area contributed by atoms with Crippen molar-refractivity contribution in [1.29, 1.82) is 0 Å². The van der Waals surface area contributed by atoms with Crippen LogP contribution in [0.5, 0.6) is 0 Å². The van der Waals surface area contributed by atoms with E-state index in [1.165, 1.54) is 12.0 Å². The standard InChI is InChI=1S/C11H18N2O6/c1-12(9(14)6-19-2)7-3-4-8(10(15)16)13(5-7)11(17)18/h7-8H,3-6H2,1-2H3,(H,15,16)(H,17,18)/t7-,8+/m1/s1. The van der Waals surface area contributed by atoms with E-state index in [2.05, 4.69) is 0 Å². The fraction of sp³-hybridized carbons (Fsp3) is 0.727. The summed E-state index contributed by atoms with van der Waals surface area (Å²) >= 11 is 0. The minimum absolute atomic E-state index is 0.00173. The largest absolute Gasteiger partial charge is 0.480 e. The first kappa shape index (κ1) is 15.2. The fourth-order valence-electron chi connectivity index (χ4n) is 2.16. The molecule has 1 rings (SSSR count). The summed E-state index contributed by atoms with van der Waals surface area (Å²) in [6.45, 7) is -0.0827. The normalized spacial score (nSPS) is 22.9. The molecule has 0 saturated carbocycles. The Bertz CT molecular complexity index is 372. The Kier molecular flexibility index (Phi) is 5.11. The van der Waals surface area contributed by atoms with E-state index >= 15 is 0 Å². The van der Waals surface area contributed by atoms with Gasteiger partial charge in [-0.15, -0.1) is 0 Å². The molecule has 0 unspecified atom stereocenters. The Hall–Kier alpha value is -1.83. The summed E-state index contributed by atoms with van der Waals surface area (Å²) in [6.07, 6.45) is -0.645. The first-order chi connectivity index (χ1) is 8.88. The molecule has 108 valence electrons. The third-order valence-corrected chi connectivity index (χ3v) is 3.30. The van der Waals surface area contributed by atoms with Crippen LogP contribution in [-0.4, -0.2) is 77.4 Å².